The number of hydrogen-bond donors (Lipinski definition) is 2. The summed E-state index contributed by atoms with van der Waals surface area (Å²) < 4.78 is 6.04. The van der Waals surface area contributed by atoms with Crippen LogP contribution in [0.3, 0.4) is 0 Å². The number of carboxylic acid groups (broad SMARTS) is 1. The van der Waals surface area contributed by atoms with Gasteiger partial charge in [-0.25, -0.2) is 9.79 Å². The maximum absolute atomic E-state index is 11.8. The summed E-state index contributed by atoms with van der Waals surface area (Å²) in [6, 6.07) is 9.23. The van der Waals surface area contributed by atoms with Crippen LogP contribution in [0.4, 0.5) is 0 Å². The van der Waals surface area contributed by atoms with Crippen molar-refractivity contribution < 1.29 is 19.7 Å². The van der Waals surface area contributed by atoms with Crippen LogP contribution < -0.4 is 0 Å². The standard InChI is InChI=1S/C16H19NO4/c1-10-8-12(18)16(14(19)20)9-15(10,2)21-13(17-16)11-6-4-3-5-7-11/h3-7,10,12,18H,8-9H2,1-2H3,(H,19,20)/t10-,12+,15+,16-/m0/s1. The summed E-state index contributed by atoms with van der Waals surface area (Å²) >= 11 is 0. The highest BCUT2D eigenvalue weighted by molar-refractivity contribution is 5.98. The normalized spacial score (nSPS) is 38.3. The van der Waals surface area contributed by atoms with Crippen molar-refractivity contribution in [1.29, 1.82) is 0 Å². The number of carbonyl (C=O) groups is 1. The Morgan fingerprint density at radius 2 is 2.05 bits per heavy atom. The molecule has 0 amide bonds. The van der Waals surface area contributed by atoms with Crippen molar-refractivity contribution in [3.8, 4) is 0 Å². The SMILES string of the molecule is C[C@H]1C[C@@H](O)[C@]2(C(=O)O)C[C@@]1(C)OC(c1ccccc1)=N2. The third kappa shape index (κ3) is 2.03. The van der Waals surface area contributed by atoms with Crippen molar-refractivity contribution in [2.24, 2.45) is 10.9 Å². The molecular weight excluding hydrogens is 270 g/mol. The van der Waals surface area contributed by atoms with Gasteiger partial charge in [-0.3, -0.25) is 0 Å². The Balaban J connectivity index is 2.15. The van der Waals surface area contributed by atoms with Crippen LogP contribution in [-0.4, -0.2) is 39.3 Å². The molecule has 0 aromatic heterocycles. The summed E-state index contributed by atoms with van der Waals surface area (Å²) in [4.78, 5) is 16.1. The molecule has 4 atom stereocenters. The van der Waals surface area contributed by atoms with Gasteiger partial charge in [0.2, 0.25) is 5.90 Å². The predicted octanol–water partition coefficient (Wildman–Crippen LogP) is 1.84. The van der Waals surface area contributed by atoms with Gasteiger partial charge >= 0.3 is 5.97 Å². The van der Waals surface area contributed by atoms with Crippen LogP contribution in [-0.2, 0) is 9.53 Å². The summed E-state index contributed by atoms with van der Waals surface area (Å²) in [6.45, 7) is 3.88. The summed E-state index contributed by atoms with van der Waals surface area (Å²) in [5.74, 6) is -0.739. The van der Waals surface area contributed by atoms with E-state index in [2.05, 4.69) is 4.99 Å². The third-order valence-electron chi connectivity index (χ3n) is 4.81. The number of aliphatic hydroxyl groups is 1. The van der Waals surface area contributed by atoms with Crippen molar-refractivity contribution in [3.05, 3.63) is 35.9 Å². The lowest BCUT2D eigenvalue weighted by atomic mass is 9.66. The second kappa shape index (κ2) is 4.56. The number of benzene rings is 1. The summed E-state index contributed by atoms with van der Waals surface area (Å²) in [5.41, 5.74) is -1.41. The van der Waals surface area contributed by atoms with E-state index in [-0.39, 0.29) is 12.3 Å². The van der Waals surface area contributed by atoms with E-state index in [1.807, 2.05) is 44.2 Å². The first-order chi connectivity index (χ1) is 9.87. The van der Waals surface area contributed by atoms with Gasteiger partial charge in [-0.15, -0.1) is 0 Å². The van der Waals surface area contributed by atoms with E-state index in [0.29, 0.717) is 12.3 Å². The molecule has 21 heavy (non-hydrogen) atoms. The van der Waals surface area contributed by atoms with Gasteiger partial charge in [0.05, 0.1) is 6.10 Å². The van der Waals surface area contributed by atoms with Crippen molar-refractivity contribution in [2.45, 2.75) is 43.9 Å². The van der Waals surface area contributed by atoms with E-state index in [9.17, 15) is 15.0 Å². The fourth-order valence-electron chi connectivity index (χ4n) is 3.25. The summed E-state index contributed by atoms with van der Waals surface area (Å²) in [7, 11) is 0. The van der Waals surface area contributed by atoms with Gasteiger partial charge < -0.3 is 14.9 Å². The quantitative estimate of drug-likeness (QED) is 0.870. The smallest absolute Gasteiger partial charge is 0.334 e. The van der Waals surface area contributed by atoms with Gasteiger partial charge in [0.15, 0.2) is 5.54 Å². The zero-order valence-electron chi connectivity index (χ0n) is 12.1. The Kier molecular flexibility index (Phi) is 3.06. The third-order valence-corrected chi connectivity index (χ3v) is 4.81. The molecular formula is C16H19NO4. The molecule has 0 unspecified atom stereocenters. The summed E-state index contributed by atoms with van der Waals surface area (Å²) in [6.07, 6.45) is -0.441. The molecule has 1 aromatic carbocycles. The summed E-state index contributed by atoms with van der Waals surface area (Å²) in [5, 5.41) is 20.0. The lowest BCUT2D eigenvalue weighted by molar-refractivity contribution is -0.164. The Morgan fingerprint density at radius 3 is 2.67 bits per heavy atom. The second-order valence-electron chi connectivity index (χ2n) is 6.26. The largest absolute Gasteiger partial charge is 0.479 e. The van der Waals surface area contributed by atoms with Crippen molar-refractivity contribution in [3.63, 3.8) is 0 Å². The van der Waals surface area contributed by atoms with Crippen LogP contribution in [0, 0.1) is 5.92 Å². The lowest BCUT2D eigenvalue weighted by Crippen LogP contribution is -2.63. The number of fused-ring (bicyclic) bond motifs is 2. The minimum Gasteiger partial charge on any atom is -0.479 e. The predicted molar refractivity (Wildman–Crippen MR) is 77.2 cm³/mol. The maximum Gasteiger partial charge on any atom is 0.334 e. The number of ether oxygens (including phenoxy) is 1. The van der Waals surface area contributed by atoms with Crippen LogP contribution in [0.2, 0.25) is 0 Å². The number of rotatable bonds is 2. The van der Waals surface area contributed by atoms with E-state index in [1.165, 1.54) is 0 Å². The molecule has 1 aliphatic heterocycles. The topological polar surface area (TPSA) is 79.1 Å². The first-order valence-corrected chi connectivity index (χ1v) is 7.13. The minimum absolute atomic E-state index is 0.0502. The zero-order valence-corrected chi connectivity index (χ0v) is 12.1. The van der Waals surface area contributed by atoms with Crippen LogP contribution >= 0.6 is 0 Å². The van der Waals surface area contributed by atoms with Crippen LogP contribution in [0.25, 0.3) is 0 Å². The Hall–Kier alpha value is -1.88. The Bertz CT molecular complexity index is 600. The molecule has 2 aliphatic rings. The second-order valence-corrected chi connectivity index (χ2v) is 6.26. The van der Waals surface area contributed by atoms with Gasteiger partial charge in [-0.05, 0) is 31.4 Å². The first kappa shape index (κ1) is 14.1. The molecule has 5 heteroatoms. The van der Waals surface area contributed by atoms with Gasteiger partial charge in [-0.1, -0.05) is 25.1 Å². The molecule has 0 spiro atoms. The monoisotopic (exact) mass is 289 g/mol. The van der Waals surface area contributed by atoms with Gasteiger partial charge in [-0.2, -0.15) is 0 Å². The van der Waals surface area contributed by atoms with E-state index in [0.717, 1.165) is 5.56 Å². The number of carboxylic acids is 1. The average molecular weight is 289 g/mol. The Morgan fingerprint density at radius 1 is 1.38 bits per heavy atom. The number of aliphatic hydroxyl groups excluding tert-OH is 1. The molecule has 0 radical (unpaired) electrons. The highest BCUT2D eigenvalue weighted by Gasteiger charge is 2.60. The molecule has 1 aromatic rings. The van der Waals surface area contributed by atoms with Crippen molar-refractivity contribution >= 4 is 11.9 Å². The maximum atomic E-state index is 11.8. The van der Waals surface area contributed by atoms with Crippen LogP contribution in [0.15, 0.2) is 35.3 Å². The van der Waals surface area contributed by atoms with Crippen molar-refractivity contribution in [1.82, 2.24) is 0 Å². The molecule has 112 valence electrons. The fourth-order valence-corrected chi connectivity index (χ4v) is 3.25. The van der Waals surface area contributed by atoms with Gasteiger partial charge in [0.1, 0.15) is 5.60 Å². The lowest BCUT2D eigenvalue weighted by Gasteiger charge is -2.51. The van der Waals surface area contributed by atoms with Crippen molar-refractivity contribution in [2.75, 3.05) is 0 Å². The highest BCUT2D eigenvalue weighted by Crippen LogP contribution is 2.47. The van der Waals surface area contributed by atoms with Gasteiger partial charge in [0.25, 0.3) is 0 Å². The number of aliphatic carboxylic acids is 1. The minimum atomic E-state index is -1.51. The first-order valence-electron chi connectivity index (χ1n) is 7.13. The van der Waals surface area contributed by atoms with E-state index in [1.54, 1.807) is 0 Å². The molecule has 3 rings (SSSR count). The molecule has 2 N–H and O–H groups in total. The zero-order chi connectivity index (χ0) is 15.3. The molecule has 1 aliphatic carbocycles. The molecule has 1 fully saturated rings. The van der Waals surface area contributed by atoms with Gasteiger partial charge in [0, 0.05) is 12.0 Å². The Labute approximate surface area is 123 Å². The van der Waals surface area contributed by atoms with E-state index < -0.39 is 23.2 Å². The van der Waals surface area contributed by atoms with E-state index in [4.69, 9.17) is 4.74 Å². The highest BCUT2D eigenvalue weighted by atomic mass is 16.5. The molecule has 2 bridgehead atoms. The van der Waals surface area contributed by atoms with Crippen LogP contribution in [0.5, 0.6) is 0 Å². The molecule has 5 nitrogen and oxygen atoms in total. The molecule has 1 heterocycles. The molecule has 0 saturated heterocycles. The fraction of sp³-hybridized carbons (Fsp3) is 0.500. The number of hydrogen-bond acceptors (Lipinski definition) is 4. The van der Waals surface area contributed by atoms with Crippen LogP contribution in [0.1, 0.15) is 32.3 Å². The number of nitrogens with zero attached hydrogens (tertiary/aromatic N) is 1. The average Bonchev–Trinajstić information content (AvgIpc) is 2.46. The molecule has 1 saturated carbocycles. The van der Waals surface area contributed by atoms with E-state index >= 15 is 0 Å². The number of aliphatic imine (C=N–C) groups is 1.